The molecule has 1 atom stereocenters. The molecule has 10 heteroatoms. The van der Waals surface area contributed by atoms with Crippen LogP contribution in [0.5, 0.6) is 0 Å². The minimum Gasteiger partial charge on any atom is -0.397 e. The van der Waals surface area contributed by atoms with E-state index in [2.05, 4.69) is 25.5 Å². The number of piperidine rings is 1. The minimum atomic E-state index is -0.687. The normalized spacial score (nSPS) is 18.2. The molecule has 158 valence electrons. The number of fused-ring (bicyclic) bond motifs is 1. The zero-order chi connectivity index (χ0) is 22.0. The fraction of sp³-hybridized carbons (Fsp3) is 0.333. The first kappa shape index (κ1) is 20.4. The fourth-order valence-corrected chi connectivity index (χ4v) is 4.14. The number of nitriles is 2. The summed E-state index contributed by atoms with van der Waals surface area (Å²) >= 11 is 0. The number of benzene rings is 1. The van der Waals surface area contributed by atoms with Crippen molar-refractivity contribution in [3.05, 3.63) is 46.3 Å². The second-order valence-electron chi connectivity index (χ2n) is 7.58. The molecule has 1 aromatic heterocycles. The SMILES string of the molecule is N#CNC1=NC(c2ccc(F)cc2CN2CCCCC2)c2c(nc(N)c(C#N)c2N)N1. The highest BCUT2D eigenvalue weighted by atomic mass is 19.1. The number of nitrogens with one attached hydrogen (secondary N) is 2. The molecule has 0 radical (unpaired) electrons. The van der Waals surface area contributed by atoms with Gasteiger partial charge >= 0.3 is 0 Å². The summed E-state index contributed by atoms with van der Waals surface area (Å²) in [6.07, 6.45) is 5.24. The molecule has 0 saturated carbocycles. The first-order chi connectivity index (χ1) is 15.0. The summed E-state index contributed by atoms with van der Waals surface area (Å²) in [5.41, 5.74) is 14.4. The average Bonchev–Trinajstić information content (AvgIpc) is 2.74. The summed E-state index contributed by atoms with van der Waals surface area (Å²) in [5, 5.41) is 23.9. The molecule has 1 aromatic carbocycles. The monoisotopic (exact) mass is 419 g/mol. The number of hydrogen-bond donors (Lipinski definition) is 4. The fourth-order valence-electron chi connectivity index (χ4n) is 4.14. The molecular formula is C21H22FN9. The van der Waals surface area contributed by atoms with Gasteiger partial charge in [-0.1, -0.05) is 12.5 Å². The third-order valence-electron chi connectivity index (χ3n) is 5.60. The lowest BCUT2D eigenvalue weighted by molar-refractivity contribution is 0.220. The van der Waals surface area contributed by atoms with E-state index in [1.807, 2.05) is 12.3 Å². The van der Waals surface area contributed by atoms with Crippen molar-refractivity contribution in [1.82, 2.24) is 15.2 Å². The first-order valence-corrected chi connectivity index (χ1v) is 10.0. The molecule has 0 amide bonds. The highest BCUT2D eigenvalue weighted by molar-refractivity contribution is 5.98. The molecule has 0 spiro atoms. The third-order valence-corrected chi connectivity index (χ3v) is 5.60. The van der Waals surface area contributed by atoms with Gasteiger partial charge in [-0.25, -0.2) is 14.4 Å². The van der Waals surface area contributed by atoms with Crippen molar-refractivity contribution >= 4 is 23.3 Å². The van der Waals surface area contributed by atoms with Crippen molar-refractivity contribution in [1.29, 1.82) is 10.5 Å². The van der Waals surface area contributed by atoms with E-state index in [0.717, 1.165) is 37.1 Å². The molecule has 1 fully saturated rings. The first-order valence-electron chi connectivity index (χ1n) is 10.0. The Labute approximate surface area is 179 Å². The number of hydrogen-bond acceptors (Lipinski definition) is 9. The molecule has 2 aliphatic rings. The number of likely N-dealkylation sites (tertiary alicyclic amines) is 1. The van der Waals surface area contributed by atoms with Crippen LogP contribution in [-0.2, 0) is 6.54 Å². The predicted octanol–water partition coefficient (Wildman–Crippen LogP) is 2.18. The number of rotatable bonds is 3. The van der Waals surface area contributed by atoms with Gasteiger partial charge in [-0.2, -0.15) is 10.5 Å². The van der Waals surface area contributed by atoms with Crippen molar-refractivity contribution < 1.29 is 4.39 Å². The maximum Gasteiger partial charge on any atom is 0.211 e. The zero-order valence-electron chi connectivity index (χ0n) is 16.8. The lowest BCUT2D eigenvalue weighted by Gasteiger charge is -2.30. The summed E-state index contributed by atoms with van der Waals surface area (Å²) in [6.45, 7) is 2.46. The molecule has 3 heterocycles. The number of halogens is 1. The molecule has 0 bridgehead atoms. The van der Waals surface area contributed by atoms with Crippen LogP contribution in [-0.4, -0.2) is 28.9 Å². The van der Waals surface area contributed by atoms with Crippen molar-refractivity contribution in [3.8, 4) is 12.3 Å². The number of nitrogen functional groups attached to an aromatic ring is 2. The second-order valence-corrected chi connectivity index (χ2v) is 7.58. The van der Waals surface area contributed by atoms with Crippen LogP contribution >= 0.6 is 0 Å². The number of pyridine rings is 1. The number of nitrogens with zero attached hydrogens (tertiary/aromatic N) is 5. The third kappa shape index (κ3) is 3.93. The van der Waals surface area contributed by atoms with Crippen molar-refractivity contribution in [2.75, 3.05) is 29.9 Å². The molecule has 2 aliphatic heterocycles. The summed E-state index contributed by atoms with van der Waals surface area (Å²) in [4.78, 5) is 11.1. The number of guanidine groups is 1. The molecule has 9 nitrogen and oxygen atoms in total. The Bertz CT molecular complexity index is 1120. The average molecular weight is 419 g/mol. The molecule has 31 heavy (non-hydrogen) atoms. The van der Waals surface area contributed by atoms with E-state index in [4.69, 9.17) is 16.7 Å². The molecule has 4 rings (SSSR count). The van der Waals surface area contributed by atoms with E-state index in [9.17, 15) is 9.65 Å². The largest absolute Gasteiger partial charge is 0.397 e. The maximum absolute atomic E-state index is 14.2. The van der Waals surface area contributed by atoms with Gasteiger partial charge < -0.3 is 16.8 Å². The topological polar surface area (TPSA) is 152 Å². The van der Waals surface area contributed by atoms with E-state index in [-0.39, 0.29) is 28.8 Å². The molecule has 2 aromatic rings. The Kier molecular flexibility index (Phi) is 5.56. The summed E-state index contributed by atoms with van der Waals surface area (Å²) in [7, 11) is 0. The number of anilines is 3. The van der Waals surface area contributed by atoms with Crippen LogP contribution in [0, 0.1) is 28.6 Å². The molecule has 1 unspecified atom stereocenters. The molecular weight excluding hydrogens is 397 g/mol. The van der Waals surface area contributed by atoms with Gasteiger partial charge in [0.25, 0.3) is 0 Å². The summed E-state index contributed by atoms with van der Waals surface area (Å²) in [6, 6.07) is 5.85. The van der Waals surface area contributed by atoms with Crippen LogP contribution in [0.15, 0.2) is 23.2 Å². The number of aromatic nitrogens is 1. The quantitative estimate of drug-likeness (QED) is 0.436. The van der Waals surface area contributed by atoms with Crippen LogP contribution in [0.3, 0.4) is 0 Å². The van der Waals surface area contributed by atoms with E-state index >= 15 is 0 Å². The Morgan fingerprint density at radius 2 is 2.00 bits per heavy atom. The second kappa shape index (κ2) is 8.46. The van der Waals surface area contributed by atoms with Gasteiger partial charge in [-0.15, -0.1) is 0 Å². The van der Waals surface area contributed by atoms with Gasteiger partial charge in [0.05, 0.1) is 5.69 Å². The smallest absolute Gasteiger partial charge is 0.211 e. The van der Waals surface area contributed by atoms with E-state index in [0.29, 0.717) is 17.9 Å². The Morgan fingerprint density at radius 3 is 2.71 bits per heavy atom. The zero-order valence-corrected chi connectivity index (χ0v) is 16.8. The van der Waals surface area contributed by atoms with Crippen LogP contribution in [0.4, 0.5) is 21.7 Å². The van der Waals surface area contributed by atoms with Gasteiger partial charge in [0.1, 0.15) is 35.1 Å². The Morgan fingerprint density at radius 1 is 1.23 bits per heavy atom. The maximum atomic E-state index is 14.2. The van der Waals surface area contributed by atoms with Gasteiger partial charge in [0, 0.05) is 12.1 Å². The Hall–Kier alpha value is -3.89. The van der Waals surface area contributed by atoms with Crippen LogP contribution < -0.4 is 22.1 Å². The van der Waals surface area contributed by atoms with Gasteiger partial charge in [0.15, 0.2) is 6.19 Å². The highest BCUT2D eigenvalue weighted by Crippen LogP contribution is 2.41. The van der Waals surface area contributed by atoms with E-state index < -0.39 is 6.04 Å². The van der Waals surface area contributed by atoms with Gasteiger partial charge in [-0.05, 0) is 49.2 Å². The van der Waals surface area contributed by atoms with Crippen LogP contribution in [0.25, 0.3) is 0 Å². The standard InChI is InChI=1S/C21H22FN9/c22-13-4-5-14(12(8-13)10-31-6-2-1-3-7-31)18-16-17(25)15(9-23)19(26)29-20(16)30-21(28-18)27-11-24/h4-5,8,18H,1-3,6-7,10H2,(H6,25,26,27,28,29,30). The molecule has 0 aliphatic carbocycles. The van der Waals surface area contributed by atoms with E-state index in [1.54, 1.807) is 6.07 Å². The highest BCUT2D eigenvalue weighted by Gasteiger charge is 2.31. The predicted molar refractivity (Wildman–Crippen MR) is 115 cm³/mol. The lowest BCUT2D eigenvalue weighted by atomic mass is 9.91. The lowest BCUT2D eigenvalue weighted by Crippen LogP contribution is -2.33. The van der Waals surface area contributed by atoms with Crippen molar-refractivity contribution in [3.63, 3.8) is 0 Å². The van der Waals surface area contributed by atoms with E-state index in [1.165, 1.54) is 18.6 Å². The van der Waals surface area contributed by atoms with Crippen LogP contribution in [0.2, 0.25) is 0 Å². The van der Waals surface area contributed by atoms with Crippen molar-refractivity contribution in [2.45, 2.75) is 31.8 Å². The number of aliphatic imine (C=N–C) groups is 1. The molecule has 6 N–H and O–H groups in total. The van der Waals surface area contributed by atoms with Gasteiger partial charge in [0.2, 0.25) is 5.96 Å². The van der Waals surface area contributed by atoms with Gasteiger partial charge in [-0.3, -0.25) is 10.2 Å². The minimum absolute atomic E-state index is 0.0177. The molecule has 1 saturated heterocycles. The van der Waals surface area contributed by atoms with Crippen LogP contribution in [0.1, 0.15) is 47.6 Å². The number of nitrogens with two attached hydrogens (primary N) is 2. The summed E-state index contributed by atoms with van der Waals surface area (Å²) < 4.78 is 14.2. The summed E-state index contributed by atoms with van der Waals surface area (Å²) in [5.74, 6) is 0.116. The van der Waals surface area contributed by atoms with Crippen molar-refractivity contribution in [2.24, 2.45) is 4.99 Å². The Balaban J connectivity index is 1.85.